The van der Waals surface area contributed by atoms with E-state index in [4.69, 9.17) is 0 Å². The number of nitrogens with zero attached hydrogens (tertiary/aromatic N) is 1. The molecule has 1 aromatic carbocycles. The van der Waals surface area contributed by atoms with E-state index in [-0.39, 0.29) is 11.8 Å². The number of rotatable bonds is 5. The highest BCUT2D eigenvalue weighted by atomic mass is 16.2. The van der Waals surface area contributed by atoms with Crippen molar-refractivity contribution < 1.29 is 9.59 Å². The summed E-state index contributed by atoms with van der Waals surface area (Å²) in [6.07, 6.45) is 4.65. The van der Waals surface area contributed by atoms with E-state index in [0.717, 1.165) is 31.6 Å². The van der Waals surface area contributed by atoms with E-state index < -0.39 is 0 Å². The van der Waals surface area contributed by atoms with Crippen LogP contribution in [0.2, 0.25) is 0 Å². The summed E-state index contributed by atoms with van der Waals surface area (Å²) in [6, 6.07) is 7.20. The molecule has 0 radical (unpaired) electrons. The first-order valence-electron chi connectivity index (χ1n) is 8.10. The van der Waals surface area contributed by atoms with Crippen LogP contribution in [0.3, 0.4) is 0 Å². The number of carbonyl (C=O) groups is 2. The van der Waals surface area contributed by atoms with Crippen molar-refractivity contribution in [3.05, 3.63) is 29.8 Å². The van der Waals surface area contributed by atoms with Gasteiger partial charge in [-0.15, -0.1) is 0 Å². The Hall–Kier alpha value is -2.04. The molecule has 5 heteroatoms. The highest BCUT2D eigenvalue weighted by Crippen LogP contribution is 2.12. The summed E-state index contributed by atoms with van der Waals surface area (Å²) in [5.41, 5.74) is 1.49. The second-order valence-electron chi connectivity index (χ2n) is 5.59. The molecule has 1 aliphatic rings. The predicted molar refractivity (Wildman–Crippen MR) is 88.0 cm³/mol. The number of hydrogen-bond acceptors (Lipinski definition) is 3. The zero-order valence-corrected chi connectivity index (χ0v) is 13.2. The zero-order chi connectivity index (χ0) is 15.8. The Morgan fingerprint density at radius 1 is 1.05 bits per heavy atom. The summed E-state index contributed by atoms with van der Waals surface area (Å²) in [4.78, 5) is 25.8. The fraction of sp³-hybridized carbons (Fsp3) is 0.529. The molecule has 0 spiro atoms. The molecule has 1 heterocycles. The van der Waals surface area contributed by atoms with Gasteiger partial charge in [0.15, 0.2) is 0 Å². The Labute approximate surface area is 132 Å². The van der Waals surface area contributed by atoms with Gasteiger partial charge in [-0.1, -0.05) is 12.8 Å². The smallest absolute Gasteiger partial charge is 0.251 e. The molecule has 1 aliphatic heterocycles. The first-order valence-corrected chi connectivity index (χ1v) is 8.10. The second kappa shape index (κ2) is 8.41. The molecule has 0 saturated carbocycles. The Bertz CT molecular complexity index is 491. The van der Waals surface area contributed by atoms with Crippen molar-refractivity contribution in [3.63, 3.8) is 0 Å². The largest absolute Gasteiger partial charge is 0.376 e. The number of carbonyl (C=O) groups excluding carboxylic acids is 2. The van der Waals surface area contributed by atoms with Crippen molar-refractivity contribution in [2.75, 3.05) is 31.5 Å². The first-order chi connectivity index (χ1) is 10.7. The van der Waals surface area contributed by atoms with Gasteiger partial charge in [-0.25, -0.2) is 0 Å². The lowest BCUT2D eigenvalue weighted by atomic mass is 10.2. The maximum atomic E-state index is 12.2. The zero-order valence-electron chi connectivity index (χ0n) is 13.2. The van der Waals surface area contributed by atoms with Gasteiger partial charge in [0, 0.05) is 30.9 Å². The van der Waals surface area contributed by atoms with Crippen LogP contribution < -0.4 is 10.6 Å². The molecule has 1 saturated heterocycles. The molecule has 0 aliphatic carbocycles. The van der Waals surface area contributed by atoms with Gasteiger partial charge in [-0.2, -0.15) is 0 Å². The standard InChI is InChI=1S/C17H25N3O2/c1-2-18-17(22)14-7-9-15(10-8-14)19-13-16(21)20-11-5-3-4-6-12-20/h7-10,19H,2-6,11-13H2,1H3,(H,18,22). The topological polar surface area (TPSA) is 61.4 Å². The van der Waals surface area contributed by atoms with Crippen molar-refractivity contribution in [3.8, 4) is 0 Å². The average Bonchev–Trinajstić information content (AvgIpc) is 2.82. The fourth-order valence-electron chi connectivity index (χ4n) is 2.61. The van der Waals surface area contributed by atoms with E-state index in [2.05, 4.69) is 10.6 Å². The number of nitrogens with one attached hydrogen (secondary N) is 2. The monoisotopic (exact) mass is 303 g/mol. The molecule has 120 valence electrons. The van der Waals surface area contributed by atoms with Crippen molar-refractivity contribution in [2.24, 2.45) is 0 Å². The SMILES string of the molecule is CCNC(=O)c1ccc(NCC(=O)N2CCCCCC2)cc1. The molecule has 0 atom stereocenters. The van der Waals surface area contributed by atoms with Gasteiger partial charge in [0.1, 0.15) is 0 Å². The van der Waals surface area contributed by atoms with Gasteiger partial charge >= 0.3 is 0 Å². The second-order valence-corrected chi connectivity index (χ2v) is 5.59. The van der Waals surface area contributed by atoms with E-state index in [1.54, 1.807) is 12.1 Å². The lowest BCUT2D eigenvalue weighted by Crippen LogP contribution is -2.36. The molecule has 22 heavy (non-hydrogen) atoms. The lowest BCUT2D eigenvalue weighted by Gasteiger charge is -2.20. The first kappa shape index (κ1) is 16.3. The summed E-state index contributed by atoms with van der Waals surface area (Å²) in [5, 5.41) is 5.90. The number of amides is 2. The van der Waals surface area contributed by atoms with Gasteiger partial charge < -0.3 is 15.5 Å². The summed E-state index contributed by atoms with van der Waals surface area (Å²) in [6.45, 7) is 4.55. The number of likely N-dealkylation sites (tertiary alicyclic amines) is 1. The van der Waals surface area contributed by atoms with Crippen LogP contribution in [0.15, 0.2) is 24.3 Å². The van der Waals surface area contributed by atoms with Crippen LogP contribution in [0.4, 0.5) is 5.69 Å². The Kier molecular flexibility index (Phi) is 6.25. The number of benzene rings is 1. The fourth-order valence-corrected chi connectivity index (χ4v) is 2.61. The minimum Gasteiger partial charge on any atom is -0.376 e. The maximum Gasteiger partial charge on any atom is 0.251 e. The summed E-state index contributed by atoms with van der Waals surface area (Å²) < 4.78 is 0. The van der Waals surface area contributed by atoms with Crippen LogP contribution in [-0.2, 0) is 4.79 Å². The van der Waals surface area contributed by atoms with E-state index in [1.807, 2.05) is 24.0 Å². The van der Waals surface area contributed by atoms with Crippen molar-refractivity contribution in [1.82, 2.24) is 10.2 Å². The van der Waals surface area contributed by atoms with Gasteiger partial charge in [-0.3, -0.25) is 9.59 Å². The molecule has 0 bridgehead atoms. The van der Waals surface area contributed by atoms with Gasteiger partial charge in [0.05, 0.1) is 6.54 Å². The predicted octanol–water partition coefficient (Wildman–Crippen LogP) is 2.25. The number of hydrogen-bond donors (Lipinski definition) is 2. The third-order valence-electron chi connectivity index (χ3n) is 3.89. The molecule has 0 aromatic heterocycles. The molecule has 2 N–H and O–H groups in total. The van der Waals surface area contributed by atoms with Crippen LogP contribution >= 0.6 is 0 Å². The Morgan fingerprint density at radius 3 is 2.27 bits per heavy atom. The maximum absolute atomic E-state index is 12.2. The summed E-state index contributed by atoms with van der Waals surface area (Å²) in [5.74, 6) is 0.0735. The van der Waals surface area contributed by atoms with Gasteiger partial charge in [0.2, 0.25) is 5.91 Å². The summed E-state index contributed by atoms with van der Waals surface area (Å²) in [7, 11) is 0. The minimum absolute atomic E-state index is 0.0744. The molecular weight excluding hydrogens is 278 g/mol. The molecule has 1 aromatic rings. The lowest BCUT2D eigenvalue weighted by molar-refractivity contribution is -0.129. The van der Waals surface area contributed by atoms with Crippen molar-refractivity contribution >= 4 is 17.5 Å². The Balaban J connectivity index is 1.83. The average molecular weight is 303 g/mol. The summed E-state index contributed by atoms with van der Waals surface area (Å²) >= 11 is 0. The van der Waals surface area contributed by atoms with E-state index >= 15 is 0 Å². The van der Waals surface area contributed by atoms with Crippen LogP contribution in [-0.4, -0.2) is 42.9 Å². The Morgan fingerprint density at radius 2 is 1.68 bits per heavy atom. The molecule has 1 fully saturated rings. The molecule has 2 amide bonds. The minimum atomic E-state index is -0.0744. The van der Waals surface area contributed by atoms with Crippen molar-refractivity contribution in [1.29, 1.82) is 0 Å². The third-order valence-corrected chi connectivity index (χ3v) is 3.89. The van der Waals surface area contributed by atoms with Gasteiger partial charge in [0.25, 0.3) is 5.91 Å². The van der Waals surface area contributed by atoms with E-state index in [0.29, 0.717) is 18.7 Å². The third kappa shape index (κ3) is 4.76. The van der Waals surface area contributed by atoms with Crippen molar-refractivity contribution in [2.45, 2.75) is 32.6 Å². The van der Waals surface area contributed by atoms with Gasteiger partial charge in [-0.05, 0) is 44.0 Å². The highest BCUT2D eigenvalue weighted by Gasteiger charge is 2.14. The van der Waals surface area contributed by atoms with Crippen LogP contribution in [0.1, 0.15) is 43.0 Å². The molecule has 5 nitrogen and oxygen atoms in total. The number of anilines is 1. The highest BCUT2D eigenvalue weighted by molar-refractivity contribution is 5.94. The molecular formula is C17H25N3O2. The molecule has 2 rings (SSSR count). The van der Waals surface area contributed by atoms with E-state index in [1.165, 1.54) is 12.8 Å². The van der Waals surface area contributed by atoms with Crippen LogP contribution in [0.25, 0.3) is 0 Å². The van der Waals surface area contributed by atoms with E-state index in [9.17, 15) is 9.59 Å². The van der Waals surface area contributed by atoms with Crippen LogP contribution in [0.5, 0.6) is 0 Å². The quantitative estimate of drug-likeness (QED) is 0.877. The van der Waals surface area contributed by atoms with Crippen LogP contribution in [0, 0.1) is 0 Å². The molecule has 0 unspecified atom stereocenters. The normalized spacial score (nSPS) is 15.0.